The summed E-state index contributed by atoms with van der Waals surface area (Å²) < 4.78 is 28.3. The molecule has 9 heteroatoms. The Morgan fingerprint density at radius 3 is 2.68 bits per heavy atom. The number of esters is 1. The Bertz CT molecular complexity index is 517. The van der Waals surface area contributed by atoms with Crippen molar-refractivity contribution >= 4 is 34.9 Å². The van der Waals surface area contributed by atoms with Crippen LogP contribution in [0.2, 0.25) is 10.0 Å². The normalized spacial score (nSPS) is 10.5. The Morgan fingerprint density at radius 1 is 1.27 bits per heavy atom. The molecule has 0 unspecified atom stereocenters. The molecule has 0 radical (unpaired) electrons. The van der Waals surface area contributed by atoms with Crippen molar-refractivity contribution < 1.29 is 23.4 Å². The van der Waals surface area contributed by atoms with E-state index in [-0.39, 0.29) is 23.2 Å². The van der Waals surface area contributed by atoms with Crippen LogP contribution < -0.4 is 10.5 Å². The van der Waals surface area contributed by atoms with Crippen molar-refractivity contribution in [2.24, 2.45) is 0 Å². The summed E-state index contributed by atoms with van der Waals surface area (Å²) in [6.45, 7) is 2.58. The third kappa shape index (κ3) is 5.82. The molecule has 0 atom stereocenters. The molecule has 0 spiro atoms. The number of nitrogen functional groups attached to an aromatic ring is 1. The predicted molar refractivity (Wildman–Crippen MR) is 80.8 cm³/mol. The van der Waals surface area contributed by atoms with Crippen LogP contribution in [0.15, 0.2) is 0 Å². The Balaban J connectivity index is 2.36. The molecule has 0 saturated carbocycles. The number of ether oxygens (including phenoxy) is 3. The summed E-state index contributed by atoms with van der Waals surface area (Å²) in [5.74, 6) is -2.01. The van der Waals surface area contributed by atoms with Gasteiger partial charge in [0, 0.05) is 6.61 Å². The maximum atomic E-state index is 13.3. The minimum absolute atomic E-state index is 0.101. The van der Waals surface area contributed by atoms with Crippen LogP contribution in [0, 0.1) is 5.95 Å². The summed E-state index contributed by atoms with van der Waals surface area (Å²) in [6, 6.07) is 0. The molecule has 1 rings (SSSR count). The molecule has 1 aromatic heterocycles. The molecule has 0 bridgehead atoms. The number of pyridine rings is 1. The summed E-state index contributed by atoms with van der Waals surface area (Å²) in [6.07, 6.45) is 1.98. The van der Waals surface area contributed by atoms with Gasteiger partial charge in [-0.3, -0.25) is 0 Å². The molecule has 0 aromatic carbocycles. The number of hydrogen-bond donors (Lipinski definition) is 1. The van der Waals surface area contributed by atoms with Gasteiger partial charge in [-0.25, -0.2) is 4.79 Å². The Hall–Kier alpha value is -1.31. The van der Waals surface area contributed by atoms with E-state index in [2.05, 4.69) is 4.98 Å². The van der Waals surface area contributed by atoms with Crippen molar-refractivity contribution in [2.45, 2.75) is 19.8 Å². The van der Waals surface area contributed by atoms with Crippen molar-refractivity contribution in [3.63, 3.8) is 0 Å². The number of unbranched alkanes of at least 4 members (excludes halogenated alkanes) is 1. The minimum Gasteiger partial charge on any atom is -0.464 e. The molecule has 1 heterocycles. The van der Waals surface area contributed by atoms with E-state index < -0.39 is 23.5 Å². The molecule has 0 aliphatic carbocycles. The highest BCUT2D eigenvalue weighted by molar-refractivity contribution is 6.39. The van der Waals surface area contributed by atoms with E-state index in [1.165, 1.54) is 0 Å². The molecule has 124 valence electrons. The summed E-state index contributed by atoms with van der Waals surface area (Å²) >= 11 is 11.3. The molecule has 0 saturated heterocycles. The number of rotatable bonds is 9. The number of carbonyl (C=O) groups is 1. The van der Waals surface area contributed by atoms with Gasteiger partial charge in [0.2, 0.25) is 11.8 Å². The molecule has 2 N–H and O–H groups in total. The molecule has 0 aliphatic heterocycles. The fraction of sp³-hybridized carbons (Fsp3) is 0.538. The van der Waals surface area contributed by atoms with Gasteiger partial charge in [-0.1, -0.05) is 36.5 Å². The largest absolute Gasteiger partial charge is 0.464 e. The number of halogens is 3. The van der Waals surface area contributed by atoms with Crippen LogP contribution in [0.1, 0.15) is 19.8 Å². The predicted octanol–water partition coefficient (Wildman–Crippen LogP) is 2.85. The van der Waals surface area contributed by atoms with Crippen LogP contribution in [-0.4, -0.2) is 37.4 Å². The van der Waals surface area contributed by atoms with Gasteiger partial charge < -0.3 is 19.9 Å². The summed E-state index contributed by atoms with van der Waals surface area (Å²) in [7, 11) is 0. The highest BCUT2D eigenvalue weighted by atomic mass is 35.5. The number of aromatic nitrogens is 1. The standard InChI is InChI=1S/C13H17Cl2FN2O4/c1-2-3-4-20-5-6-21-8(19)7-22-13-10(15)11(17)9(14)12(16)18-13/h2-7H2,1H3,(H2,17,18). The van der Waals surface area contributed by atoms with Crippen LogP contribution in [0.4, 0.5) is 10.1 Å². The van der Waals surface area contributed by atoms with Gasteiger partial charge in [0.15, 0.2) is 6.61 Å². The van der Waals surface area contributed by atoms with Gasteiger partial charge >= 0.3 is 5.97 Å². The first-order chi connectivity index (χ1) is 10.5. The third-order valence-corrected chi connectivity index (χ3v) is 3.23. The zero-order chi connectivity index (χ0) is 16.5. The Morgan fingerprint density at radius 2 is 2.00 bits per heavy atom. The SMILES string of the molecule is CCCCOCCOC(=O)COc1nc(F)c(Cl)c(N)c1Cl. The third-order valence-electron chi connectivity index (χ3n) is 2.50. The number of carbonyl (C=O) groups excluding carboxylic acids is 1. The second-order valence-corrected chi connectivity index (χ2v) is 4.98. The van der Waals surface area contributed by atoms with E-state index in [1.54, 1.807) is 0 Å². The molecule has 22 heavy (non-hydrogen) atoms. The lowest BCUT2D eigenvalue weighted by molar-refractivity contribution is -0.147. The van der Waals surface area contributed by atoms with Crippen LogP contribution in [0.3, 0.4) is 0 Å². The average Bonchev–Trinajstić information content (AvgIpc) is 2.51. The van der Waals surface area contributed by atoms with E-state index in [0.29, 0.717) is 13.2 Å². The van der Waals surface area contributed by atoms with Crippen LogP contribution >= 0.6 is 23.2 Å². The van der Waals surface area contributed by atoms with Crippen molar-refractivity contribution in [1.29, 1.82) is 0 Å². The lowest BCUT2D eigenvalue weighted by Gasteiger charge is -2.10. The summed E-state index contributed by atoms with van der Waals surface area (Å²) in [4.78, 5) is 14.8. The number of anilines is 1. The van der Waals surface area contributed by atoms with Crippen LogP contribution in [-0.2, 0) is 14.3 Å². The van der Waals surface area contributed by atoms with E-state index in [0.717, 1.165) is 12.8 Å². The summed E-state index contributed by atoms with van der Waals surface area (Å²) in [5, 5.41) is -0.564. The number of nitrogens with zero attached hydrogens (tertiary/aromatic N) is 1. The van der Waals surface area contributed by atoms with Crippen molar-refractivity contribution in [1.82, 2.24) is 4.98 Å². The van der Waals surface area contributed by atoms with Gasteiger partial charge in [0.25, 0.3) is 0 Å². The molecular formula is C13H17Cl2FN2O4. The molecule has 0 fully saturated rings. The lowest BCUT2D eigenvalue weighted by atomic mass is 10.4. The second-order valence-electron chi connectivity index (χ2n) is 4.22. The average molecular weight is 355 g/mol. The van der Waals surface area contributed by atoms with Crippen molar-refractivity contribution in [2.75, 3.05) is 32.2 Å². The second kappa shape index (κ2) is 9.66. The fourth-order valence-corrected chi connectivity index (χ4v) is 1.71. The van der Waals surface area contributed by atoms with Gasteiger partial charge in [0.1, 0.15) is 16.7 Å². The maximum absolute atomic E-state index is 13.3. The quantitative estimate of drug-likeness (QED) is 0.417. The first-order valence-electron chi connectivity index (χ1n) is 6.63. The van der Waals surface area contributed by atoms with Gasteiger partial charge in [-0.15, -0.1) is 0 Å². The Labute approximate surface area is 137 Å². The highest BCUT2D eigenvalue weighted by Gasteiger charge is 2.17. The van der Waals surface area contributed by atoms with E-state index in [4.69, 9.17) is 43.1 Å². The van der Waals surface area contributed by atoms with Crippen LogP contribution in [0.25, 0.3) is 0 Å². The zero-order valence-corrected chi connectivity index (χ0v) is 13.5. The van der Waals surface area contributed by atoms with E-state index >= 15 is 0 Å². The summed E-state index contributed by atoms with van der Waals surface area (Å²) in [5.41, 5.74) is 5.27. The molecule has 0 aliphatic rings. The zero-order valence-electron chi connectivity index (χ0n) is 12.0. The number of hydrogen-bond acceptors (Lipinski definition) is 6. The molecule has 0 amide bonds. The fourth-order valence-electron chi connectivity index (χ4n) is 1.34. The molecule has 1 aromatic rings. The maximum Gasteiger partial charge on any atom is 0.344 e. The monoisotopic (exact) mass is 354 g/mol. The molecule has 6 nitrogen and oxygen atoms in total. The minimum atomic E-state index is -1.03. The van der Waals surface area contributed by atoms with Gasteiger partial charge in [-0.2, -0.15) is 9.37 Å². The van der Waals surface area contributed by atoms with Gasteiger partial charge in [-0.05, 0) is 6.42 Å². The molecular weight excluding hydrogens is 338 g/mol. The van der Waals surface area contributed by atoms with Crippen molar-refractivity contribution in [3.05, 3.63) is 16.0 Å². The lowest BCUT2D eigenvalue weighted by Crippen LogP contribution is -2.18. The topological polar surface area (TPSA) is 83.7 Å². The first kappa shape index (κ1) is 18.7. The number of nitrogens with two attached hydrogens (primary N) is 1. The van der Waals surface area contributed by atoms with Crippen molar-refractivity contribution in [3.8, 4) is 5.88 Å². The van der Waals surface area contributed by atoms with E-state index in [1.807, 2.05) is 6.92 Å². The van der Waals surface area contributed by atoms with Gasteiger partial charge in [0.05, 0.1) is 12.3 Å². The smallest absolute Gasteiger partial charge is 0.344 e. The van der Waals surface area contributed by atoms with Crippen LogP contribution in [0.5, 0.6) is 5.88 Å². The highest BCUT2D eigenvalue weighted by Crippen LogP contribution is 2.35. The Kier molecular flexibility index (Phi) is 8.22. The first-order valence-corrected chi connectivity index (χ1v) is 7.39. The van der Waals surface area contributed by atoms with E-state index in [9.17, 15) is 9.18 Å².